The van der Waals surface area contributed by atoms with Crippen molar-refractivity contribution in [1.29, 1.82) is 0 Å². The summed E-state index contributed by atoms with van der Waals surface area (Å²) in [6, 6.07) is 6.83. The SMILES string of the molecule is O=C(O)[C@@H](N(N=Nc1cccc([N+](=O)[O-])c1)c1cccc([N+](=O)[O-])c1)C(Cl)(Cl)C(=O)O. The topological polar surface area (TPSA) is 189 Å². The number of hydrogen-bond acceptors (Lipinski definition) is 8. The zero-order valence-electron chi connectivity index (χ0n) is 15.0. The molecule has 0 spiro atoms. The van der Waals surface area contributed by atoms with Crippen LogP contribution < -0.4 is 5.01 Å². The van der Waals surface area contributed by atoms with E-state index in [1.807, 2.05) is 0 Å². The molecular weight excluding hydrogens is 461 g/mol. The molecule has 31 heavy (non-hydrogen) atoms. The maximum Gasteiger partial charge on any atom is 0.343 e. The summed E-state index contributed by atoms with van der Waals surface area (Å²) in [7, 11) is 0. The second-order valence-electron chi connectivity index (χ2n) is 5.76. The van der Waals surface area contributed by atoms with Crippen LogP contribution in [-0.2, 0) is 9.59 Å². The second kappa shape index (κ2) is 9.32. The van der Waals surface area contributed by atoms with Crippen molar-refractivity contribution in [3.63, 3.8) is 0 Å². The van der Waals surface area contributed by atoms with Crippen LogP contribution in [0.15, 0.2) is 58.9 Å². The largest absolute Gasteiger partial charge is 0.480 e. The Morgan fingerprint density at radius 2 is 1.55 bits per heavy atom. The summed E-state index contributed by atoms with van der Waals surface area (Å²) in [5.74, 6) is -3.76. The number of hydrogen-bond donors (Lipinski definition) is 2. The first-order valence-corrected chi connectivity index (χ1v) is 8.74. The predicted octanol–water partition coefficient (Wildman–Crippen LogP) is 3.72. The highest BCUT2D eigenvalue weighted by molar-refractivity contribution is 6.59. The minimum atomic E-state index is -2.96. The number of carbonyl (C=O) groups is 2. The number of halogens is 2. The van der Waals surface area contributed by atoms with E-state index in [1.54, 1.807) is 0 Å². The summed E-state index contributed by atoms with van der Waals surface area (Å²) in [4.78, 5) is 43.8. The number of aliphatic carboxylic acids is 2. The number of carboxylic acid groups (broad SMARTS) is 2. The average Bonchev–Trinajstić information content (AvgIpc) is 2.70. The number of carboxylic acids is 2. The van der Waals surface area contributed by atoms with Crippen LogP contribution in [0.5, 0.6) is 0 Å². The molecule has 0 aliphatic heterocycles. The van der Waals surface area contributed by atoms with Gasteiger partial charge in [0.25, 0.3) is 11.4 Å². The number of nitrogens with zero attached hydrogens (tertiary/aromatic N) is 5. The van der Waals surface area contributed by atoms with E-state index in [0.29, 0.717) is 5.01 Å². The normalized spacial score (nSPS) is 12.3. The summed E-state index contributed by atoms with van der Waals surface area (Å²) in [6.45, 7) is 0. The van der Waals surface area contributed by atoms with E-state index < -0.39 is 37.8 Å². The number of anilines is 1. The van der Waals surface area contributed by atoms with Crippen molar-refractivity contribution in [2.75, 3.05) is 5.01 Å². The van der Waals surface area contributed by atoms with Crippen LogP contribution in [0.25, 0.3) is 0 Å². The van der Waals surface area contributed by atoms with Crippen molar-refractivity contribution in [3.05, 3.63) is 68.8 Å². The van der Waals surface area contributed by atoms with Crippen molar-refractivity contribution in [3.8, 4) is 0 Å². The van der Waals surface area contributed by atoms with Crippen LogP contribution in [0, 0.1) is 20.2 Å². The minimum Gasteiger partial charge on any atom is -0.480 e. The van der Waals surface area contributed by atoms with Crippen molar-refractivity contribution >= 4 is 57.9 Å². The van der Waals surface area contributed by atoms with Crippen LogP contribution in [0.1, 0.15) is 0 Å². The molecule has 0 amide bonds. The molecule has 2 aromatic rings. The third-order valence-corrected chi connectivity index (χ3v) is 4.45. The zero-order chi connectivity index (χ0) is 23.3. The monoisotopic (exact) mass is 471 g/mol. The molecule has 13 nitrogen and oxygen atoms in total. The van der Waals surface area contributed by atoms with Gasteiger partial charge in [0.05, 0.1) is 21.2 Å². The Labute approximate surface area is 182 Å². The molecule has 0 aliphatic rings. The summed E-state index contributed by atoms with van der Waals surface area (Å²) >= 11 is 11.5. The maximum absolute atomic E-state index is 11.8. The summed E-state index contributed by atoms with van der Waals surface area (Å²) < 4.78 is -2.96. The Morgan fingerprint density at radius 1 is 1.00 bits per heavy atom. The zero-order valence-corrected chi connectivity index (χ0v) is 16.5. The number of nitro groups is 2. The highest BCUT2D eigenvalue weighted by Gasteiger charge is 2.51. The van der Waals surface area contributed by atoms with E-state index in [4.69, 9.17) is 23.2 Å². The summed E-state index contributed by atoms with van der Waals surface area (Å²) in [5, 5.41) is 48.6. The molecular formula is C16H11Cl2N5O8. The molecule has 2 rings (SSSR count). The smallest absolute Gasteiger partial charge is 0.343 e. The maximum atomic E-state index is 11.8. The lowest BCUT2D eigenvalue weighted by Crippen LogP contribution is -2.53. The molecule has 0 aromatic heterocycles. The first-order valence-electron chi connectivity index (χ1n) is 7.99. The van der Waals surface area contributed by atoms with E-state index >= 15 is 0 Å². The van der Waals surface area contributed by atoms with Crippen molar-refractivity contribution in [1.82, 2.24) is 0 Å². The average molecular weight is 472 g/mol. The van der Waals surface area contributed by atoms with Gasteiger partial charge < -0.3 is 10.2 Å². The van der Waals surface area contributed by atoms with E-state index in [0.717, 1.165) is 18.2 Å². The van der Waals surface area contributed by atoms with Crippen LogP contribution in [-0.4, -0.2) is 42.4 Å². The fourth-order valence-electron chi connectivity index (χ4n) is 2.30. The molecule has 1 atom stereocenters. The van der Waals surface area contributed by atoms with Crippen LogP contribution >= 0.6 is 23.2 Å². The molecule has 2 N–H and O–H groups in total. The van der Waals surface area contributed by atoms with E-state index in [2.05, 4.69) is 10.3 Å². The highest BCUT2D eigenvalue weighted by Crippen LogP contribution is 2.35. The van der Waals surface area contributed by atoms with E-state index in [-0.39, 0.29) is 17.1 Å². The third kappa shape index (κ3) is 5.40. The molecule has 0 saturated heterocycles. The van der Waals surface area contributed by atoms with Gasteiger partial charge in [-0.15, -0.1) is 5.11 Å². The quantitative estimate of drug-likeness (QED) is 0.237. The molecule has 162 valence electrons. The number of rotatable bonds is 9. The van der Waals surface area contributed by atoms with Crippen molar-refractivity contribution < 1.29 is 29.6 Å². The highest BCUT2D eigenvalue weighted by atomic mass is 35.5. The summed E-state index contributed by atoms with van der Waals surface area (Å²) in [5.41, 5.74) is -1.19. The van der Waals surface area contributed by atoms with Gasteiger partial charge in [-0.3, -0.25) is 20.2 Å². The van der Waals surface area contributed by atoms with Crippen LogP contribution in [0.2, 0.25) is 0 Å². The van der Waals surface area contributed by atoms with Crippen LogP contribution in [0.4, 0.5) is 22.7 Å². The molecule has 0 fully saturated rings. The standard InChI is InChI=1S/C16H11Cl2N5O8/c17-16(18,15(26)27)13(14(24)25)21(10-4-2-6-12(8-10)23(30)31)20-19-9-3-1-5-11(7-9)22(28)29/h1-8,13H,(H,24,25)(H,26,27)/t13-/m1/s1. The van der Waals surface area contributed by atoms with Gasteiger partial charge in [-0.05, 0) is 12.1 Å². The minimum absolute atomic E-state index is 0.0983. The Balaban J connectivity index is 2.64. The number of non-ortho nitro benzene ring substituents is 2. The van der Waals surface area contributed by atoms with Gasteiger partial charge in [-0.2, -0.15) is 0 Å². The fraction of sp³-hybridized carbons (Fsp3) is 0.125. The fourth-order valence-corrected chi connectivity index (χ4v) is 2.67. The predicted molar refractivity (Wildman–Crippen MR) is 107 cm³/mol. The lowest BCUT2D eigenvalue weighted by molar-refractivity contribution is -0.385. The molecule has 0 radical (unpaired) electrons. The lowest BCUT2D eigenvalue weighted by Gasteiger charge is -2.30. The Hall–Kier alpha value is -3.84. The van der Waals surface area contributed by atoms with E-state index in [9.17, 15) is 40.0 Å². The third-order valence-electron chi connectivity index (χ3n) is 3.71. The molecule has 15 heteroatoms. The molecule has 0 unspecified atom stereocenters. The number of benzene rings is 2. The van der Waals surface area contributed by atoms with Crippen molar-refractivity contribution in [2.45, 2.75) is 10.4 Å². The number of alkyl halides is 2. The summed E-state index contributed by atoms with van der Waals surface area (Å²) in [6.07, 6.45) is 0. The molecule has 2 aromatic carbocycles. The lowest BCUT2D eigenvalue weighted by atomic mass is 10.1. The first-order chi connectivity index (χ1) is 14.4. The second-order valence-corrected chi connectivity index (χ2v) is 7.14. The Morgan fingerprint density at radius 3 is 2.06 bits per heavy atom. The molecule has 0 bridgehead atoms. The van der Waals surface area contributed by atoms with Crippen molar-refractivity contribution in [2.24, 2.45) is 10.3 Å². The molecule has 0 heterocycles. The Bertz CT molecular complexity index is 1080. The van der Waals surface area contributed by atoms with Gasteiger partial charge in [0, 0.05) is 24.3 Å². The van der Waals surface area contributed by atoms with Crippen LogP contribution in [0.3, 0.4) is 0 Å². The molecule has 0 aliphatic carbocycles. The Kier molecular flexibility index (Phi) is 7.04. The van der Waals surface area contributed by atoms with E-state index in [1.165, 1.54) is 30.3 Å². The van der Waals surface area contributed by atoms with Gasteiger partial charge in [-0.1, -0.05) is 40.6 Å². The van der Waals surface area contributed by atoms with Gasteiger partial charge in [0.1, 0.15) is 0 Å². The van der Waals surface area contributed by atoms with Gasteiger partial charge in [-0.25, -0.2) is 14.6 Å². The van der Waals surface area contributed by atoms with Gasteiger partial charge in [0.2, 0.25) is 4.33 Å². The van der Waals surface area contributed by atoms with Gasteiger partial charge in [0.15, 0.2) is 6.04 Å². The first kappa shape index (κ1) is 23.4. The van der Waals surface area contributed by atoms with Gasteiger partial charge >= 0.3 is 11.9 Å². The number of nitro benzene ring substituents is 2. The molecule has 0 saturated carbocycles.